The van der Waals surface area contributed by atoms with Crippen molar-refractivity contribution in [1.82, 2.24) is 5.32 Å². The Balaban J connectivity index is 2.11. The number of carboxylic acids is 1. The molecule has 1 aromatic carbocycles. The van der Waals surface area contributed by atoms with Gasteiger partial charge in [-0.1, -0.05) is 13.3 Å². The molecule has 0 bridgehead atoms. The van der Waals surface area contributed by atoms with Gasteiger partial charge < -0.3 is 24.6 Å². The van der Waals surface area contributed by atoms with E-state index in [2.05, 4.69) is 12.2 Å². The van der Waals surface area contributed by atoms with Crippen LogP contribution in [0.3, 0.4) is 0 Å². The molecule has 1 atom stereocenters. The second-order valence-electron chi connectivity index (χ2n) is 6.18. The molecule has 25 heavy (non-hydrogen) atoms. The molecule has 1 amide bonds. The quantitative estimate of drug-likeness (QED) is 0.663. The van der Waals surface area contributed by atoms with E-state index >= 15 is 0 Å². The van der Waals surface area contributed by atoms with E-state index in [1.54, 1.807) is 18.2 Å². The molecule has 2 rings (SSSR count). The van der Waals surface area contributed by atoms with Crippen LogP contribution in [-0.2, 0) is 9.53 Å². The molecule has 0 spiro atoms. The van der Waals surface area contributed by atoms with E-state index in [4.69, 9.17) is 19.3 Å². The smallest absolute Gasteiger partial charge is 0.305 e. The summed E-state index contributed by atoms with van der Waals surface area (Å²) in [5.74, 6) is -0.274. The van der Waals surface area contributed by atoms with Crippen LogP contribution in [0.4, 0.5) is 0 Å². The maximum absolute atomic E-state index is 12.6. The molecule has 1 aromatic rings. The Morgan fingerprint density at radius 2 is 2.16 bits per heavy atom. The van der Waals surface area contributed by atoms with Crippen molar-refractivity contribution in [1.29, 1.82) is 0 Å². The number of nitrogens with one attached hydrogen (secondary N) is 1. The third-order valence-corrected chi connectivity index (χ3v) is 4.15. The fourth-order valence-electron chi connectivity index (χ4n) is 2.75. The van der Waals surface area contributed by atoms with Crippen molar-refractivity contribution in [2.75, 3.05) is 26.9 Å². The molecule has 7 nitrogen and oxygen atoms in total. The number of methoxy groups -OCH3 is 1. The van der Waals surface area contributed by atoms with Gasteiger partial charge in [0, 0.05) is 12.2 Å². The number of carbonyl (C=O) groups is 2. The van der Waals surface area contributed by atoms with Crippen LogP contribution in [0.1, 0.15) is 43.0 Å². The molecule has 1 heterocycles. The summed E-state index contributed by atoms with van der Waals surface area (Å²) in [6.07, 6.45) is 2.26. The van der Waals surface area contributed by atoms with E-state index in [0.717, 1.165) is 12.8 Å². The van der Waals surface area contributed by atoms with E-state index in [-0.39, 0.29) is 18.9 Å². The first-order valence-electron chi connectivity index (χ1n) is 8.42. The molecule has 0 radical (unpaired) electrons. The second-order valence-corrected chi connectivity index (χ2v) is 6.18. The molecule has 2 N–H and O–H groups in total. The number of benzene rings is 1. The minimum atomic E-state index is -0.969. The van der Waals surface area contributed by atoms with Gasteiger partial charge in [-0.05, 0) is 31.0 Å². The van der Waals surface area contributed by atoms with Crippen LogP contribution < -0.4 is 14.8 Å². The Hall–Kier alpha value is -2.28. The largest absolute Gasteiger partial charge is 0.493 e. The fraction of sp³-hybridized carbons (Fsp3) is 0.556. The average molecular weight is 351 g/mol. The number of aliphatic carboxylic acids is 1. The van der Waals surface area contributed by atoms with E-state index in [0.29, 0.717) is 36.7 Å². The van der Waals surface area contributed by atoms with Gasteiger partial charge in [-0.2, -0.15) is 0 Å². The van der Waals surface area contributed by atoms with Gasteiger partial charge in [-0.3, -0.25) is 9.59 Å². The number of unbranched alkanes of at least 4 members (excludes halogenated alkanes) is 1. The molecule has 0 saturated carbocycles. The average Bonchev–Trinajstić information content (AvgIpc) is 3.02. The summed E-state index contributed by atoms with van der Waals surface area (Å²) in [5, 5.41) is 11.9. The van der Waals surface area contributed by atoms with Gasteiger partial charge in [-0.25, -0.2) is 0 Å². The van der Waals surface area contributed by atoms with Gasteiger partial charge in [0.05, 0.1) is 32.3 Å². The Labute approximate surface area is 147 Å². The highest BCUT2D eigenvalue weighted by Gasteiger charge is 2.38. The summed E-state index contributed by atoms with van der Waals surface area (Å²) in [7, 11) is 1.51. The van der Waals surface area contributed by atoms with Crippen LogP contribution in [0.2, 0.25) is 0 Å². The van der Waals surface area contributed by atoms with Gasteiger partial charge >= 0.3 is 5.97 Å². The molecule has 1 fully saturated rings. The molecule has 1 unspecified atom stereocenters. The SMILES string of the molecule is CCCCOc1ccc(C(=O)NC2(CC(=O)O)CCOC2)cc1OC. The Morgan fingerprint density at radius 1 is 1.36 bits per heavy atom. The van der Waals surface area contributed by atoms with Crippen molar-refractivity contribution in [2.45, 2.75) is 38.1 Å². The van der Waals surface area contributed by atoms with Gasteiger partial charge in [0.15, 0.2) is 11.5 Å². The number of amides is 1. The maximum Gasteiger partial charge on any atom is 0.305 e. The fourth-order valence-corrected chi connectivity index (χ4v) is 2.75. The summed E-state index contributed by atoms with van der Waals surface area (Å²) in [6, 6.07) is 4.93. The highest BCUT2D eigenvalue weighted by atomic mass is 16.5. The molecule has 0 aromatic heterocycles. The first-order valence-corrected chi connectivity index (χ1v) is 8.42. The van der Waals surface area contributed by atoms with E-state index < -0.39 is 11.5 Å². The van der Waals surface area contributed by atoms with E-state index in [1.165, 1.54) is 7.11 Å². The minimum Gasteiger partial charge on any atom is -0.493 e. The lowest BCUT2D eigenvalue weighted by atomic mass is 9.93. The van der Waals surface area contributed by atoms with Crippen LogP contribution in [0.5, 0.6) is 11.5 Å². The van der Waals surface area contributed by atoms with Crippen molar-refractivity contribution in [2.24, 2.45) is 0 Å². The minimum absolute atomic E-state index is 0.173. The van der Waals surface area contributed by atoms with Crippen molar-refractivity contribution in [3.8, 4) is 11.5 Å². The van der Waals surface area contributed by atoms with Crippen molar-refractivity contribution < 1.29 is 28.9 Å². The van der Waals surface area contributed by atoms with Crippen LogP contribution in [0, 0.1) is 0 Å². The third-order valence-electron chi connectivity index (χ3n) is 4.15. The van der Waals surface area contributed by atoms with Crippen LogP contribution >= 0.6 is 0 Å². The van der Waals surface area contributed by atoms with Gasteiger partial charge in [0.25, 0.3) is 5.91 Å². The lowest BCUT2D eigenvalue weighted by molar-refractivity contribution is -0.138. The molecule has 1 aliphatic heterocycles. The summed E-state index contributed by atoms with van der Waals surface area (Å²) in [6.45, 7) is 3.28. The second kappa shape index (κ2) is 8.71. The molecule has 0 aliphatic carbocycles. The molecular weight excluding hydrogens is 326 g/mol. The lowest BCUT2D eigenvalue weighted by Crippen LogP contribution is -2.50. The number of carbonyl (C=O) groups excluding carboxylic acids is 1. The van der Waals surface area contributed by atoms with Gasteiger partial charge in [-0.15, -0.1) is 0 Å². The monoisotopic (exact) mass is 351 g/mol. The summed E-state index contributed by atoms with van der Waals surface area (Å²) >= 11 is 0. The van der Waals surface area contributed by atoms with Crippen LogP contribution in [0.25, 0.3) is 0 Å². The Morgan fingerprint density at radius 3 is 2.76 bits per heavy atom. The van der Waals surface area contributed by atoms with Crippen LogP contribution in [0.15, 0.2) is 18.2 Å². The molecule has 1 saturated heterocycles. The number of hydrogen-bond donors (Lipinski definition) is 2. The zero-order valence-corrected chi connectivity index (χ0v) is 14.7. The zero-order valence-electron chi connectivity index (χ0n) is 14.7. The predicted molar refractivity (Wildman–Crippen MR) is 91.3 cm³/mol. The number of rotatable bonds is 9. The third kappa shape index (κ3) is 5.09. The molecule has 138 valence electrons. The molecular formula is C18H25NO6. The highest BCUT2D eigenvalue weighted by molar-refractivity contribution is 5.95. The van der Waals surface area contributed by atoms with Gasteiger partial charge in [0.2, 0.25) is 0 Å². The summed E-state index contributed by atoms with van der Waals surface area (Å²) in [4.78, 5) is 23.7. The van der Waals surface area contributed by atoms with Crippen molar-refractivity contribution in [3.63, 3.8) is 0 Å². The molecule has 1 aliphatic rings. The molecule has 7 heteroatoms. The lowest BCUT2D eigenvalue weighted by Gasteiger charge is -2.27. The summed E-state index contributed by atoms with van der Waals surface area (Å²) < 4.78 is 16.3. The number of carboxylic acid groups (broad SMARTS) is 1. The maximum atomic E-state index is 12.6. The van der Waals surface area contributed by atoms with Crippen molar-refractivity contribution in [3.05, 3.63) is 23.8 Å². The predicted octanol–water partition coefficient (Wildman–Crippen LogP) is 2.24. The van der Waals surface area contributed by atoms with E-state index in [1.807, 2.05) is 0 Å². The Kier molecular flexibility index (Phi) is 6.64. The standard InChI is InChI=1S/C18H25NO6/c1-3-4-8-25-14-6-5-13(10-15(14)23-2)17(22)19-18(11-16(20)21)7-9-24-12-18/h5-6,10H,3-4,7-9,11-12H2,1-2H3,(H,19,22)(H,20,21). The zero-order chi connectivity index (χ0) is 18.3. The first-order chi connectivity index (χ1) is 12.0. The van der Waals surface area contributed by atoms with Gasteiger partial charge in [0.1, 0.15) is 0 Å². The Bertz CT molecular complexity index is 610. The topological polar surface area (TPSA) is 94.1 Å². The first kappa shape index (κ1) is 19.1. The highest BCUT2D eigenvalue weighted by Crippen LogP contribution is 2.29. The number of hydrogen-bond acceptors (Lipinski definition) is 5. The van der Waals surface area contributed by atoms with Crippen molar-refractivity contribution >= 4 is 11.9 Å². The summed E-state index contributed by atoms with van der Waals surface area (Å²) in [5.41, 5.74) is -0.483. The normalized spacial score (nSPS) is 19.4. The number of ether oxygens (including phenoxy) is 3. The van der Waals surface area contributed by atoms with E-state index in [9.17, 15) is 9.59 Å². The van der Waals surface area contributed by atoms with Crippen LogP contribution in [-0.4, -0.2) is 49.5 Å².